The van der Waals surface area contributed by atoms with Crippen LogP contribution in [0.15, 0.2) is 54.9 Å². The molecule has 4 atom stereocenters. The number of nitrogens with zero attached hydrogens (tertiary/aromatic N) is 2. The number of ether oxygens (including phenoxy) is 2. The van der Waals surface area contributed by atoms with E-state index in [1.54, 1.807) is 0 Å². The number of aryl methyl sites for hydroxylation is 2. The highest BCUT2D eigenvalue weighted by Gasteiger charge is 2.48. The van der Waals surface area contributed by atoms with Crippen LogP contribution in [0.2, 0.25) is 5.02 Å². The van der Waals surface area contributed by atoms with Crippen molar-refractivity contribution in [3.05, 3.63) is 82.1 Å². The maximum atomic E-state index is 12.6. The summed E-state index contributed by atoms with van der Waals surface area (Å²) in [4.78, 5) is 18.3. The van der Waals surface area contributed by atoms with E-state index in [2.05, 4.69) is 17.1 Å². The minimum Gasteiger partial charge on any atom is -0.490 e. The predicted octanol–water partition coefficient (Wildman–Crippen LogP) is 4.06. The van der Waals surface area contributed by atoms with Crippen molar-refractivity contribution in [1.82, 2.24) is 9.88 Å². The fourth-order valence-corrected chi connectivity index (χ4v) is 6.21. The summed E-state index contributed by atoms with van der Waals surface area (Å²) in [6.45, 7) is 1.43. The van der Waals surface area contributed by atoms with Gasteiger partial charge in [0.2, 0.25) is 5.91 Å². The third-order valence-corrected chi connectivity index (χ3v) is 9.67. The highest BCUT2D eigenvalue weighted by Crippen LogP contribution is 2.53. The zero-order valence-corrected chi connectivity index (χ0v) is 28.4. The van der Waals surface area contributed by atoms with Crippen molar-refractivity contribution in [2.75, 3.05) is 20.2 Å². The number of likely N-dealkylation sites (N-methyl/N-ethyl adjacent to an activating group) is 1. The molecule has 0 aliphatic heterocycles. The molecule has 11 heteroatoms. The lowest BCUT2D eigenvalue weighted by Gasteiger charge is -2.28. The number of benzene rings is 2. The quantitative estimate of drug-likeness (QED) is 0.125. The average Bonchev–Trinajstić information content (AvgIpc) is 4.04. The van der Waals surface area contributed by atoms with E-state index in [1.807, 2.05) is 49.6 Å². The number of carbonyl (C=O) groups excluding carboxylic acids is 1. The molecular formula is C37H47ClN2O8. The van der Waals surface area contributed by atoms with Gasteiger partial charge in [0.05, 0.1) is 24.9 Å². The van der Waals surface area contributed by atoms with Crippen LogP contribution >= 0.6 is 11.6 Å². The van der Waals surface area contributed by atoms with Crippen molar-refractivity contribution in [3.63, 3.8) is 0 Å². The van der Waals surface area contributed by atoms with Crippen molar-refractivity contribution < 1.29 is 39.8 Å². The van der Waals surface area contributed by atoms with Gasteiger partial charge in [0, 0.05) is 48.6 Å². The minimum absolute atomic E-state index is 0.217. The van der Waals surface area contributed by atoms with Gasteiger partial charge in [-0.05, 0) is 92.3 Å². The van der Waals surface area contributed by atoms with Gasteiger partial charge in [-0.2, -0.15) is 0 Å². The molecule has 1 aromatic heterocycles. The van der Waals surface area contributed by atoms with E-state index in [-0.39, 0.29) is 18.9 Å². The lowest BCUT2D eigenvalue weighted by Crippen LogP contribution is -2.49. The summed E-state index contributed by atoms with van der Waals surface area (Å²) in [6.07, 6.45) is 3.83. The molecule has 5 rings (SSSR count). The van der Waals surface area contributed by atoms with Gasteiger partial charge in [0.1, 0.15) is 30.2 Å². The SMILES string of the molecule is Cc1cc(COC2(c3cnccc3-c3ccccc3OC3CC3)CC2)c(Cl)cc1CCCCC(=O)N(C)CC(O)C(O)C(O)C(O)CO. The predicted molar refractivity (Wildman–Crippen MR) is 182 cm³/mol. The maximum absolute atomic E-state index is 12.6. The molecule has 10 nitrogen and oxygen atoms in total. The highest BCUT2D eigenvalue weighted by atomic mass is 35.5. The van der Waals surface area contributed by atoms with Crippen molar-refractivity contribution >= 4 is 17.5 Å². The number of hydrogen-bond acceptors (Lipinski definition) is 9. The molecule has 0 saturated heterocycles. The van der Waals surface area contributed by atoms with Crippen LogP contribution in [-0.2, 0) is 28.2 Å². The lowest BCUT2D eigenvalue weighted by molar-refractivity contribution is -0.138. The van der Waals surface area contributed by atoms with Crippen LogP contribution in [0.3, 0.4) is 0 Å². The second-order valence-electron chi connectivity index (χ2n) is 13.2. The summed E-state index contributed by atoms with van der Waals surface area (Å²) in [5.74, 6) is 0.672. The second kappa shape index (κ2) is 16.1. The summed E-state index contributed by atoms with van der Waals surface area (Å²) in [5, 5.41) is 49.0. The van der Waals surface area contributed by atoms with Crippen LogP contribution in [0.5, 0.6) is 5.75 Å². The summed E-state index contributed by atoms with van der Waals surface area (Å²) >= 11 is 6.77. The van der Waals surface area contributed by atoms with Gasteiger partial charge in [-0.1, -0.05) is 35.9 Å². The molecule has 5 N–H and O–H groups in total. The molecule has 4 unspecified atom stereocenters. The number of halogens is 1. The van der Waals surface area contributed by atoms with Gasteiger partial charge < -0.3 is 39.9 Å². The Hall–Kier alpha value is -3.09. The molecule has 2 aliphatic carbocycles. The number of aliphatic hydroxyl groups is 5. The first-order valence-electron chi connectivity index (χ1n) is 16.7. The molecule has 2 fully saturated rings. The fraction of sp³-hybridized carbons (Fsp3) is 0.514. The van der Waals surface area contributed by atoms with Crippen LogP contribution in [0, 0.1) is 6.92 Å². The fourth-order valence-electron chi connectivity index (χ4n) is 5.97. The molecule has 0 bridgehead atoms. The molecule has 1 heterocycles. The Morgan fingerprint density at radius 1 is 1.02 bits per heavy atom. The maximum Gasteiger partial charge on any atom is 0.222 e. The van der Waals surface area contributed by atoms with Crippen LogP contribution in [0.25, 0.3) is 11.1 Å². The van der Waals surface area contributed by atoms with Crippen LogP contribution in [0.4, 0.5) is 0 Å². The molecule has 0 radical (unpaired) electrons. The number of rotatable bonds is 18. The van der Waals surface area contributed by atoms with E-state index in [9.17, 15) is 25.2 Å². The lowest BCUT2D eigenvalue weighted by atomic mass is 9.96. The van der Waals surface area contributed by atoms with Crippen LogP contribution in [-0.4, -0.2) is 92.0 Å². The van der Waals surface area contributed by atoms with Crippen LogP contribution in [0.1, 0.15) is 67.2 Å². The van der Waals surface area contributed by atoms with E-state index < -0.39 is 36.6 Å². The van der Waals surface area contributed by atoms with Crippen molar-refractivity contribution in [1.29, 1.82) is 0 Å². The van der Waals surface area contributed by atoms with Crippen molar-refractivity contribution in [2.24, 2.45) is 0 Å². The van der Waals surface area contributed by atoms with E-state index in [1.165, 1.54) is 11.9 Å². The van der Waals surface area contributed by atoms with E-state index in [4.69, 9.17) is 26.2 Å². The highest BCUT2D eigenvalue weighted by molar-refractivity contribution is 6.31. The number of para-hydroxylation sites is 1. The molecule has 3 aromatic rings. The molecule has 0 spiro atoms. The van der Waals surface area contributed by atoms with Crippen LogP contribution < -0.4 is 4.74 Å². The molecule has 2 saturated carbocycles. The first-order chi connectivity index (χ1) is 23.0. The van der Waals surface area contributed by atoms with Gasteiger partial charge in [0.15, 0.2) is 0 Å². The average molecular weight is 683 g/mol. The third kappa shape index (κ3) is 8.92. The Kier molecular flexibility index (Phi) is 12.1. The van der Waals surface area contributed by atoms with Gasteiger partial charge in [-0.3, -0.25) is 9.78 Å². The molecule has 260 valence electrons. The number of pyridine rings is 1. The Morgan fingerprint density at radius 3 is 2.46 bits per heavy atom. The molecule has 1 amide bonds. The van der Waals surface area contributed by atoms with Crippen molar-refractivity contribution in [2.45, 2.75) is 101 Å². The molecule has 48 heavy (non-hydrogen) atoms. The topological polar surface area (TPSA) is 153 Å². The number of unbranched alkanes of at least 4 members (excludes halogenated alkanes) is 1. The molecular weight excluding hydrogens is 636 g/mol. The second-order valence-corrected chi connectivity index (χ2v) is 13.6. The number of amides is 1. The van der Waals surface area contributed by atoms with Gasteiger partial charge in [-0.15, -0.1) is 0 Å². The molecule has 2 aromatic carbocycles. The normalized spacial score (nSPS) is 17.8. The monoisotopic (exact) mass is 682 g/mol. The zero-order valence-electron chi connectivity index (χ0n) is 27.6. The summed E-state index contributed by atoms with van der Waals surface area (Å²) in [5.41, 5.74) is 5.87. The summed E-state index contributed by atoms with van der Waals surface area (Å²) in [6, 6.07) is 14.2. The Balaban J connectivity index is 1.13. The summed E-state index contributed by atoms with van der Waals surface area (Å²) < 4.78 is 12.9. The first-order valence-corrected chi connectivity index (χ1v) is 17.1. The summed E-state index contributed by atoms with van der Waals surface area (Å²) in [7, 11) is 1.50. The largest absolute Gasteiger partial charge is 0.490 e. The number of carbonyl (C=O) groups is 1. The Labute approximate surface area is 286 Å². The number of aromatic nitrogens is 1. The van der Waals surface area contributed by atoms with Gasteiger partial charge >= 0.3 is 0 Å². The number of hydrogen-bond donors (Lipinski definition) is 5. The number of aliphatic hydroxyl groups excluding tert-OH is 5. The van der Waals surface area contributed by atoms with E-state index >= 15 is 0 Å². The first kappa shape index (κ1) is 36.2. The van der Waals surface area contributed by atoms with E-state index in [0.717, 1.165) is 77.7 Å². The minimum atomic E-state index is -1.73. The Bertz CT molecular complexity index is 1550. The standard InChI is InChI=1S/C37H47ClN2O8/c1-23-17-25(30(38)18-24(23)7-3-6-10-34(44)40(2)20-31(42)35(45)36(46)32(43)21-41)22-47-37(14-15-37)29-19-39-16-13-27(29)28-8-4-5-9-33(28)48-26-11-12-26/h4-5,8-9,13,16-19,26,31-32,35-36,41-43,45-46H,3,6-7,10-12,14-15,20-22H2,1-2H3. The third-order valence-electron chi connectivity index (χ3n) is 9.32. The van der Waals surface area contributed by atoms with Crippen molar-refractivity contribution in [3.8, 4) is 16.9 Å². The Morgan fingerprint density at radius 2 is 1.75 bits per heavy atom. The van der Waals surface area contributed by atoms with E-state index in [0.29, 0.717) is 24.2 Å². The zero-order chi connectivity index (χ0) is 34.4. The van der Waals surface area contributed by atoms with Gasteiger partial charge in [-0.25, -0.2) is 0 Å². The molecule has 2 aliphatic rings. The smallest absolute Gasteiger partial charge is 0.222 e. The van der Waals surface area contributed by atoms with Gasteiger partial charge in [0.25, 0.3) is 0 Å².